The predicted octanol–water partition coefficient (Wildman–Crippen LogP) is 1.38. The molecule has 0 saturated heterocycles. The van der Waals surface area contributed by atoms with Gasteiger partial charge in [0.2, 0.25) is 5.88 Å². The number of H-pyrrole nitrogens is 2. The molecular weight excluding hydrogens is 304 g/mol. The monoisotopic (exact) mass is 318 g/mol. The maximum atomic E-state index is 12.0. The third-order valence-corrected chi connectivity index (χ3v) is 3.56. The van der Waals surface area contributed by atoms with E-state index < -0.39 is 0 Å². The Kier molecular flexibility index (Phi) is 3.41. The molecule has 3 heterocycles. The normalized spacial score (nSPS) is 11.0. The third kappa shape index (κ3) is 2.15. The molecule has 0 unspecified atom stereocenters. The number of nitrogens with zero attached hydrogens (tertiary/aromatic N) is 4. The zero-order chi connectivity index (χ0) is 15.9. The second-order valence-electron chi connectivity index (χ2n) is 4.64. The van der Waals surface area contributed by atoms with Gasteiger partial charge in [-0.25, -0.2) is 9.78 Å². The molecule has 3 rings (SSSR count). The van der Waals surface area contributed by atoms with Crippen molar-refractivity contribution in [2.75, 3.05) is 7.11 Å². The number of ether oxygens (including phenoxy) is 1. The van der Waals surface area contributed by atoms with Crippen molar-refractivity contribution in [1.82, 2.24) is 29.3 Å². The van der Waals surface area contributed by atoms with Crippen molar-refractivity contribution < 1.29 is 4.74 Å². The van der Waals surface area contributed by atoms with Gasteiger partial charge < -0.3 is 9.72 Å². The summed E-state index contributed by atoms with van der Waals surface area (Å²) >= 11 is 5.20. The largest absolute Gasteiger partial charge is 0.480 e. The minimum atomic E-state index is -0.321. The van der Waals surface area contributed by atoms with Gasteiger partial charge in [0.25, 0.3) is 0 Å². The van der Waals surface area contributed by atoms with Gasteiger partial charge in [0.1, 0.15) is 15.9 Å². The van der Waals surface area contributed by atoms with Crippen molar-refractivity contribution in [2.45, 2.75) is 6.54 Å². The molecule has 0 atom stereocenters. The van der Waals surface area contributed by atoms with Gasteiger partial charge in [0.15, 0.2) is 11.5 Å². The summed E-state index contributed by atoms with van der Waals surface area (Å²) in [5.41, 5.74) is 1.47. The Labute approximate surface area is 130 Å². The number of methoxy groups -OCH3 is 1. The molecule has 0 fully saturated rings. The van der Waals surface area contributed by atoms with Crippen LogP contribution in [-0.4, -0.2) is 36.4 Å². The van der Waals surface area contributed by atoms with Gasteiger partial charge in [0.05, 0.1) is 7.11 Å². The fourth-order valence-corrected chi connectivity index (χ4v) is 2.45. The summed E-state index contributed by atoms with van der Waals surface area (Å²) < 4.78 is 8.52. The fourth-order valence-electron chi connectivity index (χ4n) is 2.22. The lowest BCUT2D eigenvalue weighted by Gasteiger charge is -2.01. The highest BCUT2D eigenvalue weighted by atomic mass is 32.1. The van der Waals surface area contributed by atoms with Crippen molar-refractivity contribution in [1.29, 1.82) is 0 Å². The van der Waals surface area contributed by atoms with Crippen LogP contribution in [0, 0.1) is 4.64 Å². The Morgan fingerprint density at radius 2 is 2.27 bits per heavy atom. The van der Waals surface area contributed by atoms with Gasteiger partial charge in [-0.2, -0.15) is 0 Å². The highest BCUT2D eigenvalue weighted by Crippen LogP contribution is 2.23. The Morgan fingerprint density at radius 1 is 1.50 bits per heavy atom. The van der Waals surface area contributed by atoms with E-state index in [2.05, 4.69) is 26.6 Å². The van der Waals surface area contributed by atoms with Crippen LogP contribution in [-0.2, 0) is 13.6 Å². The first-order valence-corrected chi connectivity index (χ1v) is 6.88. The number of hydrogen-bond acceptors (Lipinski definition) is 5. The highest BCUT2D eigenvalue weighted by molar-refractivity contribution is 7.71. The molecule has 0 spiro atoms. The van der Waals surface area contributed by atoms with Gasteiger partial charge in [0, 0.05) is 19.7 Å². The highest BCUT2D eigenvalue weighted by Gasteiger charge is 2.15. The van der Waals surface area contributed by atoms with E-state index >= 15 is 0 Å². The molecule has 3 aromatic rings. The quantitative estimate of drug-likeness (QED) is 0.560. The van der Waals surface area contributed by atoms with Gasteiger partial charge in [-0.15, -0.1) is 11.7 Å². The molecule has 0 saturated carbocycles. The van der Waals surface area contributed by atoms with Gasteiger partial charge >= 0.3 is 5.69 Å². The van der Waals surface area contributed by atoms with Crippen molar-refractivity contribution in [3.8, 4) is 17.4 Å². The number of aromatic amines is 2. The average molecular weight is 318 g/mol. The van der Waals surface area contributed by atoms with E-state index in [-0.39, 0.29) is 5.69 Å². The molecule has 3 aromatic heterocycles. The minimum Gasteiger partial charge on any atom is -0.480 e. The van der Waals surface area contributed by atoms with Crippen LogP contribution in [0.5, 0.6) is 5.88 Å². The number of aromatic nitrogens is 6. The first-order valence-electron chi connectivity index (χ1n) is 6.47. The van der Waals surface area contributed by atoms with Gasteiger partial charge in [-0.3, -0.25) is 14.2 Å². The van der Waals surface area contributed by atoms with E-state index in [4.69, 9.17) is 17.0 Å². The zero-order valence-electron chi connectivity index (χ0n) is 12.1. The summed E-state index contributed by atoms with van der Waals surface area (Å²) in [5, 5.41) is 4.19. The molecule has 22 heavy (non-hydrogen) atoms. The lowest BCUT2D eigenvalue weighted by Crippen LogP contribution is -2.23. The number of aryl methyl sites for hydroxylation is 1. The molecule has 9 heteroatoms. The van der Waals surface area contributed by atoms with Crippen molar-refractivity contribution >= 4 is 23.4 Å². The van der Waals surface area contributed by atoms with Crippen LogP contribution in [0.1, 0.15) is 0 Å². The van der Waals surface area contributed by atoms with Crippen LogP contribution >= 0.6 is 12.2 Å². The molecule has 0 aromatic carbocycles. The molecule has 0 amide bonds. The Hall–Kier alpha value is -2.68. The van der Waals surface area contributed by atoms with Crippen LogP contribution in [0.15, 0.2) is 23.5 Å². The molecule has 0 bridgehead atoms. The zero-order valence-corrected chi connectivity index (χ0v) is 12.9. The van der Waals surface area contributed by atoms with Crippen molar-refractivity contribution in [2.24, 2.45) is 7.05 Å². The Balaban J connectivity index is 2.29. The van der Waals surface area contributed by atoms with Crippen molar-refractivity contribution in [3.05, 3.63) is 33.8 Å². The molecule has 0 aliphatic carbocycles. The smallest absolute Gasteiger partial charge is 0.328 e. The van der Waals surface area contributed by atoms with Crippen molar-refractivity contribution in [3.63, 3.8) is 0 Å². The molecule has 8 nitrogen and oxygen atoms in total. The van der Waals surface area contributed by atoms with E-state index in [1.54, 1.807) is 31.0 Å². The summed E-state index contributed by atoms with van der Waals surface area (Å²) in [7, 11) is 3.32. The molecule has 0 aliphatic rings. The number of imidazole rings is 1. The molecule has 2 N–H and O–H groups in total. The third-order valence-electron chi connectivity index (χ3n) is 3.25. The van der Waals surface area contributed by atoms with Crippen LogP contribution in [0.4, 0.5) is 0 Å². The number of allylic oxidation sites excluding steroid dienone is 1. The maximum Gasteiger partial charge on any atom is 0.328 e. The summed E-state index contributed by atoms with van der Waals surface area (Å²) in [5.74, 6) is 1.03. The predicted molar refractivity (Wildman–Crippen MR) is 84.5 cm³/mol. The number of nitrogens with one attached hydrogen (secondary N) is 2. The van der Waals surface area contributed by atoms with Crippen LogP contribution in [0.25, 0.3) is 22.7 Å². The summed E-state index contributed by atoms with van der Waals surface area (Å²) in [4.78, 5) is 22.2. The lowest BCUT2D eigenvalue weighted by molar-refractivity contribution is 0.392. The average Bonchev–Trinajstić information content (AvgIpc) is 3.07. The van der Waals surface area contributed by atoms with E-state index in [0.29, 0.717) is 34.1 Å². The molecular formula is C13H14N6O2S. The maximum absolute atomic E-state index is 12.0. The fraction of sp³-hybridized carbons (Fsp3) is 0.231. The topological polar surface area (TPSA) is 93.5 Å². The van der Waals surface area contributed by atoms with Crippen LogP contribution < -0.4 is 10.4 Å². The number of fused-ring (bicyclic) bond motifs is 1. The summed E-state index contributed by atoms with van der Waals surface area (Å²) in [6.07, 6.45) is 1.62. The standard InChI is InChI=1S/C13H14N6O2S/c1-4-5-19-11-9(12(22)16-13(19)20)14-10(15-11)7-6-8(21-3)17-18(7)2/h4,6H,1,5H2,2-3H3,(H,14,15)(H,16,20,22). The summed E-state index contributed by atoms with van der Waals surface area (Å²) in [6, 6.07) is 1.75. The van der Waals surface area contributed by atoms with Crippen LogP contribution in [0.3, 0.4) is 0 Å². The van der Waals surface area contributed by atoms with Gasteiger partial charge in [-0.05, 0) is 0 Å². The molecule has 0 aliphatic heterocycles. The minimum absolute atomic E-state index is 0.313. The van der Waals surface area contributed by atoms with E-state index in [9.17, 15) is 4.79 Å². The van der Waals surface area contributed by atoms with Gasteiger partial charge in [-0.1, -0.05) is 18.3 Å². The second kappa shape index (κ2) is 5.26. The Morgan fingerprint density at radius 3 is 2.91 bits per heavy atom. The lowest BCUT2D eigenvalue weighted by atomic mass is 10.4. The van der Waals surface area contributed by atoms with Crippen LogP contribution in [0.2, 0.25) is 0 Å². The molecule has 114 valence electrons. The number of hydrogen-bond donors (Lipinski definition) is 2. The molecule has 0 radical (unpaired) electrons. The number of rotatable bonds is 4. The Bertz CT molecular complexity index is 977. The van der Waals surface area contributed by atoms with E-state index in [0.717, 1.165) is 5.69 Å². The van der Waals surface area contributed by atoms with E-state index in [1.165, 1.54) is 4.57 Å². The second-order valence-corrected chi connectivity index (χ2v) is 5.05. The summed E-state index contributed by atoms with van der Waals surface area (Å²) in [6.45, 7) is 3.99. The first-order chi connectivity index (χ1) is 10.5. The van der Waals surface area contributed by atoms with E-state index in [1.807, 2.05) is 0 Å². The SMILES string of the molecule is C=CCn1c(=O)[nH]c(=S)c2[nH]c(-c3cc(OC)nn3C)nc21. The first kappa shape index (κ1) is 14.3.